The fourth-order valence-corrected chi connectivity index (χ4v) is 3.75. The minimum absolute atomic E-state index is 0.764. The second kappa shape index (κ2) is 5.44. The van der Waals surface area contributed by atoms with Crippen molar-refractivity contribution in [3.8, 4) is 0 Å². The van der Waals surface area contributed by atoms with Gasteiger partial charge < -0.3 is 5.32 Å². The lowest BCUT2D eigenvalue weighted by atomic mass is 9.76. The predicted molar refractivity (Wildman–Crippen MR) is 77.0 cm³/mol. The molecular weight excluding hydrogens is 218 g/mol. The van der Waals surface area contributed by atoms with Crippen molar-refractivity contribution in [3.05, 3.63) is 35.4 Å². The van der Waals surface area contributed by atoms with E-state index in [2.05, 4.69) is 36.5 Å². The average molecular weight is 243 g/mol. The highest BCUT2D eigenvalue weighted by Gasteiger charge is 2.25. The first-order chi connectivity index (χ1) is 8.84. The van der Waals surface area contributed by atoms with Crippen molar-refractivity contribution in [3.63, 3.8) is 0 Å². The van der Waals surface area contributed by atoms with Gasteiger partial charge in [-0.2, -0.15) is 0 Å². The zero-order valence-corrected chi connectivity index (χ0v) is 11.5. The van der Waals surface area contributed by atoms with Crippen molar-refractivity contribution in [2.24, 2.45) is 5.92 Å². The zero-order chi connectivity index (χ0) is 12.4. The highest BCUT2D eigenvalue weighted by molar-refractivity contribution is 5.34. The molecule has 1 atom stereocenters. The molecule has 1 aliphatic carbocycles. The van der Waals surface area contributed by atoms with Gasteiger partial charge in [-0.3, -0.25) is 0 Å². The highest BCUT2D eigenvalue weighted by atomic mass is 14.9. The maximum atomic E-state index is 3.51. The van der Waals surface area contributed by atoms with E-state index in [1.807, 2.05) is 0 Å². The topological polar surface area (TPSA) is 12.0 Å². The summed E-state index contributed by atoms with van der Waals surface area (Å²) in [6, 6.07) is 9.24. The summed E-state index contributed by atoms with van der Waals surface area (Å²) in [5.74, 6) is 2.54. The van der Waals surface area contributed by atoms with Gasteiger partial charge in [-0.05, 0) is 54.7 Å². The van der Waals surface area contributed by atoms with Crippen molar-refractivity contribution in [2.75, 3.05) is 13.1 Å². The summed E-state index contributed by atoms with van der Waals surface area (Å²) in [6.07, 6.45) is 6.96. The Balaban J connectivity index is 1.82. The molecule has 3 rings (SSSR count). The molecule has 18 heavy (non-hydrogen) atoms. The van der Waals surface area contributed by atoms with Crippen LogP contribution in [0, 0.1) is 5.92 Å². The molecule has 0 radical (unpaired) electrons. The van der Waals surface area contributed by atoms with Crippen LogP contribution in [0.15, 0.2) is 24.3 Å². The molecule has 0 amide bonds. The van der Waals surface area contributed by atoms with Gasteiger partial charge >= 0.3 is 0 Å². The lowest BCUT2D eigenvalue weighted by Crippen LogP contribution is -2.15. The summed E-state index contributed by atoms with van der Waals surface area (Å²) in [5, 5.41) is 3.51. The SMILES string of the molecule is CC1CCC(c2ccccc2C2CCNC2)CC1. The summed E-state index contributed by atoms with van der Waals surface area (Å²) >= 11 is 0. The number of hydrogen-bond acceptors (Lipinski definition) is 1. The molecule has 0 spiro atoms. The summed E-state index contributed by atoms with van der Waals surface area (Å²) in [5.41, 5.74) is 3.31. The molecule has 0 aromatic heterocycles. The van der Waals surface area contributed by atoms with Crippen LogP contribution in [0.5, 0.6) is 0 Å². The predicted octanol–water partition coefficient (Wildman–Crippen LogP) is 4.06. The fourth-order valence-electron chi connectivity index (χ4n) is 3.75. The largest absolute Gasteiger partial charge is 0.316 e. The van der Waals surface area contributed by atoms with Gasteiger partial charge in [0.2, 0.25) is 0 Å². The van der Waals surface area contributed by atoms with Gasteiger partial charge in [-0.25, -0.2) is 0 Å². The average Bonchev–Trinajstić information content (AvgIpc) is 2.93. The van der Waals surface area contributed by atoms with Gasteiger partial charge in [-0.1, -0.05) is 44.0 Å². The molecule has 1 aromatic carbocycles. The van der Waals surface area contributed by atoms with Crippen LogP contribution in [0.3, 0.4) is 0 Å². The highest BCUT2D eigenvalue weighted by Crippen LogP contribution is 2.39. The van der Waals surface area contributed by atoms with Crippen LogP contribution in [0.1, 0.15) is 62.0 Å². The molecule has 1 saturated heterocycles. The Labute approximate surface area is 111 Å². The fraction of sp³-hybridized carbons (Fsp3) is 0.647. The summed E-state index contributed by atoms with van der Waals surface area (Å²) < 4.78 is 0. The Hall–Kier alpha value is -0.820. The van der Waals surface area contributed by atoms with E-state index in [0.29, 0.717) is 0 Å². The molecule has 1 heteroatoms. The lowest BCUT2D eigenvalue weighted by Gasteiger charge is -2.29. The molecule has 1 saturated carbocycles. The van der Waals surface area contributed by atoms with E-state index in [9.17, 15) is 0 Å². The van der Waals surface area contributed by atoms with Gasteiger partial charge in [-0.15, -0.1) is 0 Å². The minimum atomic E-state index is 0.764. The van der Waals surface area contributed by atoms with Gasteiger partial charge in [0.1, 0.15) is 0 Å². The third-order valence-electron chi connectivity index (χ3n) is 4.95. The number of rotatable bonds is 2. The van der Waals surface area contributed by atoms with Crippen molar-refractivity contribution < 1.29 is 0 Å². The first-order valence-corrected chi connectivity index (χ1v) is 7.64. The monoisotopic (exact) mass is 243 g/mol. The third-order valence-corrected chi connectivity index (χ3v) is 4.95. The number of benzene rings is 1. The van der Waals surface area contributed by atoms with Gasteiger partial charge in [0.25, 0.3) is 0 Å². The smallest absolute Gasteiger partial charge is 0.00207 e. The van der Waals surface area contributed by atoms with Crippen molar-refractivity contribution in [2.45, 2.75) is 50.9 Å². The molecule has 1 heterocycles. The summed E-state index contributed by atoms with van der Waals surface area (Å²) in [4.78, 5) is 0. The second-order valence-electron chi connectivity index (χ2n) is 6.28. The molecule has 1 nitrogen and oxygen atoms in total. The van der Waals surface area contributed by atoms with E-state index in [4.69, 9.17) is 0 Å². The van der Waals surface area contributed by atoms with E-state index >= 15 is 0 Å². The van der Waals surface area contributed by atoms with Crippen molar-refractivity contribution in [1.82, 2.24) is 5.32 Å². The standard InChI is InChI=1S/C17H25N/c1-13-6-8-14(9-7-13)16-4-2-3-5-17(16)15-10-11-18-12-15/h2-5,13-15,18H,6-12H2,1H3. The molecule has 1 unspecified atom stereocenters. The van der Waals surface area contributed by atoms with E-state index in [1.165, 1.54) is 45.2 Å². The van der Waals surface area contributed by atoms with Crippen LogP contribution in [-0.2, 0) is 0 Å². The maximum Gasteiger partial charge on any atom is 0.00207 e. The molecule has 2 fully saturated rings. The van der Waals surface area contributed by atoms with Crippen LogP contribution in [-0.4, -0.2) is 13.1 Å². The quantitative estimate of drug-likeness (QED) is 0.826. The Kier molecular flexibility index (Phi) is 3.69. The molecule has 98 valence electrons. The Bertz CT molecular complexity index is 384. The summed E-state index contributed by atoms with van der Waals surface area (Å²) in [6.45, 7) is 4.78. The van der Waals surface area contributed by atoms with Crippen LogP contribution in [0.2, 0.25) is 0 Å². The Morgan fingerprint density at radius 2 is 1.56 bits per heavy atom. The number of nitrogens with one attached hydrogen (secondary N) is 1. The maximum absolute atomic E-state index is 3.51. The van der Waals surface area contributed by atoms with Crippen molar-refractivity contribution >= 4 is 0 Å². The van der Waals surface area contributed by atoms with Crippen LogP contribution >= 0.6 is 0 Å². The molecule has 2 aliphatic rings. The first kappa shape index (κ1) is 12.2. The van der Waals surface area contributed by atoms with Crippen LogP contribution in [0.25, 0.3) is 0 Å². The molecule has 1 aliphatic heterocycles. The van der Waals surface area contributed by atoms with E-state index in [0.717, 1.165) is 17.8 Å². The number of hydrogen-bond donors (Lipinski definition) is 1. The summed E-state index contributed by atoms with van der Waals surface area (Å²) in [7, 11) is 0. The lowest BCUT2D eigenvalue weighted by molar-refractivity contribution is 0.346. The second-order valence-corrected chi connectivity index (χ2v) is 6.28. The molecule has 0 bridgehead atoms. The van der Waals surface area contributed by atoms with Gasteiger partial charge in [0, 0.05) is 6.54 Å². The minimum Gasteiger partial charge on any atom is -0.316 e. The van der Waals surface area contributed by atoms with Gasteiger partial charge in [0.05, 0.1) is 0 Å². The normalized spacial score (nSPS) is 32.6. The third kappa shape index (κ3) is 2.47. The molecular formula is C17H25N. The van der Waals surface area contributed by atoms with Crippen LogP contribution in [0.4, 0.5) is 0 Å². The Morgan fingerprint density at radius 3 is 2.17 bits per heavy atom. The van der Waals surface area contributed by atoms with Crippen LogP contribution < -0.4 is 5.32 Å². The van der Waals surface area contributed by atoms with E-state index < -0.39 is 0 Å². The van der Waals surface area contributed by atoms with Gasteiger partial charge in [0.15, 0.2) is 0 Å². The molecule has 1 aromatic rings. The first-order valence-electron chi connectivity index (χ1n) is 7.64. The Morgan fingerprint density at radius 1 is 0.889 bits per heavy atom. The zero-order valence-electron chi connectivity index (χ0n) is 11.5. The van der Waals surface area contributed by atoms with E-state index in [-0.39, 0.29) is 0 Å². The molecule has 1 N–H and O–H groups in total. The van der Waals surface area contributed by atoms with Crippen molar-refractivity contribution in [1.29, 1.82) is 0 Å². The van der Waals surface area contributed by atoms with E-state index in [1.54, 1.807) is 11.1 Å².